The number of nitrogens with zero attached hydrogens (tertiary/aromatic N) is 1. The number of ether oxygens (including phenoxy) is 2. The summed E-state index contributed by atoms with van der Waals surface area (Å²) in [6.45, 7) is 0.862. The maximum absolute atomic E-state index is 5.46. The van der Waals surface area contributed by atoms with E-state index < -0.39 is 0 Å². The van der Waals surface area contributed by atoms with Gasteiger partial charge >= 0.3 is 0 Å². The summed E-state index contributed by atoms with van der Waals surface area (Å²) in [7, 11) is 3.32. The Morgan fingerprint density at radius 2 is 1.80 bits per heavy atom. The van der Waals surface area contributed by atoms with Crippen molar-refractivity contribution in [3.05, 3.63) is 77.5 Å². The Hall–Kier alpha value is -3.01. The molecule has 0 spiro atoms. The number of hydrogen-bond donors (Lipinski definition) is 1. The smallest absolute Gasteiger partial charge is 0.253 e. The van der Waals surface area contributed by atoms with Crippen molar-refractivity contribution in [1.82, 2.24) is 5.32 Å². The summed E-state index contributed by atoms with van der Waals surface area (Å²) in [6, 6.07) is 16.6. The molecule has 2 aromatic rings. The molecule has 2 aliphatic rings. The normalized spacial score (nSPS) is 18.0. The SMILES string of the molecule is COc1ccc(C2=C3C=CNC3[N+](Cc3ccccc3)=C2)cc1OC. The number of benzene rings is 2. The first-order valence-corrected chi connectivity index (χ1v) is 8.34. The summed E-state index contributed by atoms with van der Waals surface area (Å²) in [4.78, 5) is 0. The van der Waals surface area contributed by atoms with Gasteiger partial charge in [0.1, 0.15) is 0 Å². The van der Waals surface area contributed by atoms with Gasteiger partial charge in [-0.05, 0) is 23.8 Å². The van der Waals surface area contributed by atoms with Crippen molar-refractivity contribution in [2.75, 3.05) is 14.2 Å². The molecule has 0 radical (unpaired) electrons. The number of methoxy groups -OCH3 is 2. The van der Waals surface area contributed by atoms with Crippen LogP contribution < -0.4 is 14.8 Å². The van der Waals surface area contributed by atoms with E-state index in [1.807, 2.05) is 24.4 Å². The van der Waals surface area contributed by atoms with E-state index in [0.717, 1.165) is 23.6 Å². The second kappa shape index (κ2) is 6.48. The highest BCUT2D eigenvalue weighted by atomic mass is 16.5. The van der Waals surface area contributed by atoms with Gasteiger partial charge in [0, 0.05) is 11.8 Å². The summed E-state index contributed by atoms with van der Waals surface area (Å²) in [5.41, 5.74) is 4.91. The zero-order chi connectivity index (χ0) is 17.2. The van der Waals surface area contributed by atoms with Gasteiger partial charge in [0.15, 0.2) is 24.3 Å². The van der Waals surface area contributed by atoms with E-state index in [9.17, 15) is 0 Å². The Bertz CT molecular complexity index is 882. The van der Waals surface area contributed by atoms with Crippen molar-refractivity contribution in [3.63, 3.8) is 0 Å². The van der Waals surface area contributed by atoms with Gasteiger partial charge in [-0.15, -0.1) is 0 Å². The van der Waals surface area contributed by atoms with Gasteiger partial charge in [-0.25, -0.2) is 4.58 Å². The Morgan fingerprint density at radius 3 is 2.56 bits per heavy atom. The molecule has 0 amide bonds. The fraction of sp³-hybridized carbons (Fsp3) is 0.190. The third kappa shape index (κ3) is 2.80. The molecule has 0 saturated heterocycles. The van der Waals surface area contributed by atoms with Gasteiger partial charge in [-0.2, -0.15) is 0 Å². The molecule has 4 rings (SSSR count). The van der Waals surface area contributed by atoms with E-state index in [-0.39, 0.29) is 6.17 Å². The molecule has 2 aliphatic heterocycles. The van der Waals surface area contributed by atoms with E-state index in [1.54, 1.807) is 14.2 Å². The number of nitrogens with one attached hydrogen (secondary N) is 1. The van der Waals surface area contributed by atoms with Gasteiger partial charge in [0.05, 0.1) is 25.4 Å². The molecule has 2 heterocycles. The predicted octanol–water partition coefficient (Wildman–Crippen LogP) is 3.20. The third-order valence-corrected chi connectivity index (χ3v) is 4.65. The second-order valence-electron chi connectivity index (χ2n) is 6.13. The highest BCUT2D eigenvalue weighted by Crippen LogP contribution is 2.34. The lowest BCUT2D eigenvalue weighted by Gasteiger charge is -2.09. The van der Waals surface area contributed by atoms with Gasteiger partial charge in [-0.3, -0.25) is 0 Å². The first kappa shape index (κ1) is 15.5. The van der Waals surface area contributed by atoms with Crippen molar-refractivity contribution in [1.29, 1.82) is 0 Å². The minimum absolute atomic E-state index is 0.184. The maximum Gasteiger partial charge on any atom is 0.253 e. The van der Waals surface area contributed by atoms with Crippen LogP contribution in [0, 0.1) is 0 Å². The van der Waals surface area contributed by atoms with E-state index in [0.29, 0.717) is 0 Å². The van der Waals surface area contributed by atoms with Crippen LogP contribution in [-0.4, -0.2) is 31.2 Å². The average Bonchev–Trinajstić information content (AvgIpc) is 3.26. The van der Waals surface area contributed by atoms with E-state index in [2.05, 4.69) is 52.5 Å². The molecule has 0 fully saturated rings. The number of allylic oxidation sites excluding steroid dienone is 1. The molecule has 1 unspecified atom stereocenters. The van der Waals surface area contributed by atoms with Crippen LogP contribution in [0.15, 0.2) is 66.4 Å². The van der Waals surface area contributed by atoms with E-state index >= 15 is 0 Å². The van der Waals surface area contributed by atoms with Crippen molar-refractivity contribution in [2.24, 2.45) is 0 Å². The Labute approximate surface area is 147 Å². The van der Waals surface area contributed by atoms with E-state index in [1.165, 1.54) is 16.7 Å². The van der Waals surface area contributed by atoms with Crippen molar-refractivity contribution in [2.45, 2.75) is 12.7 Å². The van der Waals surface area contributed by atoms with Crippen LogP contribution in [0.3, 0.4) is 0 Å². The summed E-state index contributed by atoms with van der Waals surface area (Å²) in [6.07, 6.45) is 6.58. The number of fused-ring (bicyclic) bond motifs is 1. The van der Waals surface area contributed by atoms with E-state index in [4.69, 9.17) is 9.47 Å². The predicted molar refractivity (Wildman–Crippen MR) is 99.0 cm³/mol. The first-order chi connectivity index (χ1) is 12.3. The van der Waals surface area contributed by atoms with Crippen LogP contribution in [0.4, 0.5) is 0 Å². The molecule has 0 bridgehead atoms. The zero-order valence-corrected chi connectivity index (χ0v) is 14.4. The van der Waals surface area contributed by atoms with Gasteiger partial charge in [0.25, 0.3) is 6.17 Å². The lowest BCUT2D eigenvalue weighted by molar-refractivity contribution is -0.567. The molecular weight excluding hydrogens is 312 g/mol. The van der Waals surface area contributed by atoms with Crippen LogP contribution in [0.25, 0.3) is 5.57 Å². The van der Waals surface area contributed by atoms with Gasteiger partial charge < -0.3 is 14.8 Å². The molecule has 0 saturated carbocycles. The molecule has 4 heteroatoms. The molecule has 0 aliphatic carbocycles. The monoisotopic (exact) mass is 333 g/mol. The molecule has 1 atom stereocenters. The van der Waals surface area contributed by atoms with Crippen molar-refractivity contribution in [3.8, 4) is 11.5 Å². The minimum atomic E-state index is 0.184. The standard InChI is InChI=1S/C21H20N2O2/c1-24-19-9-8-16(12-20(19)25-2)18-14-23(21-17(18)10-11-22-21)13-15-6-4-3-5-7-15/h3-12,14,21H,13H2,1-2H3/p+1. The highest BCUT2D eigenvalue weighted by molar-refractivity contribution is 6.11. The third-order valence-electron chi connectivity index (χ3n) is 4.65. The average molecular weight is 333 g/mol. The quantitative estimate of drug-likeness (QED) is 0.853. The minimum Gasteiger partial charge on any atom is -0.493 e. The van der Waals surface area contributed by atoms with Crippen LogP contribution in [0.5, 0.6) is 11.5 Å². The van der Waals surface area contributed by atoms with Crippen LogP contribution >= 0.6 is 0 Å². The maximum atomic E-state index is 5.46. The van der Waals surface area contributed by atoms with Gasteiger partial charge in [0.2, 0.25) is 0 Å². The molecule has 2 aromatic carbocycles. The highest BCUT2D eigenvalue weighted by Gasteiger charge is 2.35. The van der Waals surface area contributed by atoms with Crippen LogP contribution in [-0.2, 0) is 6.54 Å². The second-order valence-corrected chi connectivity index (χ2v) is 6.13. The van der Waals surface area contributed by atoms with Crippen LogP contribution in [0.2, 0.25) is 0 Å². The molecule has 1 N–H and O–H groups in total. The van der Waals surface area contributed by atoms with Gasteiger partial charge in [-0.1, -0.05) is 36.4 Å². The Morgan fingerprint density at radius 1 is 1.00 bits per heavy atom. The Balaban J connectivity index is 1.70. The zero-order valence-electron chi connectivity index (χ0n) is 14.4. The first-order valence-electron chi connectivity index (χ1n) is 8.34. The largest absolute Gasteiger partial charge is 0.493 e. The summed E-state index contributed by atoms with van der Waals surface area (Å²) in [5.74, 6) is 1.49. The molecular formula is C21H21N2O2+. The fourth-order valence-corrected chi connectivity index (χ4v) is 3.41. The lowest BCUT2D eigenvalue weighted by Crippen LogP contribution is -2.32. The molecule has 0 aromatic heterocycles. The van der Waals surface area contributed by atoms with Crippen molar-refractivity contribution >= 4 is 11.8 Å². The summed E-state index contributed by atoms with van der Waals surface area (Å²) in [5, 5.41) is 3.44. The lowest BCUT2D eigenvalue weighted by atomic mass is 10.0. The molecule has 25 heavy (non-hydrogen) atoms. The van der Waals surface area contributed by atoms with Crippen LogP contribution in [0.1, 0.15) is 11.1 Å². The summed E-state index contributed by atoms with van der Waals surface area (Å²) < 4.78 is 13.1. The van der Waals surface area contributed by atoms with Crippen molar-refractivity contribution < 1.29 is 14.0 Å². The summed E-state index contributed by atoms with van der Waals surface area (Å²) >= 11 is 0. The topological polar surface area (TPSA) is 33.5 Å². The molecule has 126 valence electrons. The Kier molecular flexibility index (Phi) is 4.02. The molecule has 4 nitrogen and oxygen atoms in total. The number of rotatable bonds is 5. The number of hydrogen-bond acceptors (Lipinski definition) is 3. The fourth-order valence-electron chi connectivity index (χ4n) is 3.41.